The second-order valence-corrected chi connectivity index (χ2v) is 3.04. The Kier molecular flexibility index (Phi) is 3.07. The number of rotatable bonds is 3. The third kappa shape index (κ3) is 2.09. The molecule has 1 atom stereocenters. The zero-order valence-electron chi connectivity index (χ0n) is 8.02. The third-order valence-electron chi connectivity index (χ3n) is 1.97. The molecular formula is C8H13N3O3. The van der Waals surface area contributed by atoms with E-state index in [-0.39, 0.29) is 6.10 Å². The average molecular weight is 199 g/mol. The van der Waals surface area contributed by atoms with Crippen molar-refractivity contribution >= 4 is 0 Å². The van der Waals surface area contributed by atoms with Gasteiger partial charge in [-0.05, 0) is 0 Å². The number of ether oxygens (including phenoxy) is 2. The summed E-state index contributed by atoms with van der Waals surface area (Å²) in [6.07, 6.45) is -0.0990. The number of nitrogens with one attached hydrogen (secondary N) is 1. The molecule has 1 saturated heterocycles. The SMILES string of the molecule is COCc1nc([C@@H]2CNCCO2)no1. The summed E-state index contributed by atoms with van der Waals surface area (Å²) < 4.78 is 15.3. The molecule has 2 heterocycles. The van der Waals surface area contributed by atoms with E-state index in [1.807, 2.05) is 0 Å². The van der Waals surface area contributed by atoms with E-state index in [9.17, 15) is 0 Å². The van der Waals surface area contributed by atoms with Gasteiger partial charge in [0.05, 0.1) is 6.61 Å². The number of morpholine rings is 1. The summed E-state index contributed by atoms with van der Waals surface area (Å²) in [6, 6.07) is 0. The lowest BCUT2D eigenvalue weighted by Crippen LogP contribution is -2.33. The molecule has 0 aliphatic carbocycles. The van der Waals surface area contributed by atoms with Gasteiger partial charge in [0.25, 0.3) is 5.89 Å². The van der Waals surface area contributed by atoms with Crippen LogP contribution in [0.15, 0.2) is 4.52 Å². The highest BCUT2D eigenvalue weighted by molar-refractivity contribution is 4.92. The molecular weight excluding hydrogens is 186 g/mol. The molecule has 0 amide bonds. The van der Waals surface area contributed by atoms with E-state index in [0.717, 1.165) is 13.1 Å². The summed E-state index contributed by atoms with van der Waals surface area (Å²) in [7, 11) is 1.59. The molecule has 1 N–H and O–H groups in total. The van der Waals surface area contributed by atoms with E-state index in [4.69, 9.17) is 14.0 Å². The number of aromatic nitrogens is 2. The standard InChI is InChI=1S/C8H13N3O3/c1-12-5-7-10-8(11-14-7)6-4-9-2-3-13-6/h6,9H,2-5H2,1H3/t6-/m0/s1. The lowest BCUT2D eigenvalue weighted by molar-refractivity contribution is 0.0208. The highest BCUT2D eigenvalue weighted by atomic mass is 16.5. The van der Waals surface area contributed by atoms with Crippen LogP contribution in [0.1, 0.15) is 17.8 Å². The summed E-state index contributed by atoms with van der Waals surface area (Å²) in [5.41, 5.74) is 0. The van der Waals surface area contributed by atoms with Gasteiger partial charge in [-0.25, -0.2) is 0 Å². The second kappa shape index (κ2) is 4.50. The van der Waals surface area contributed by atoms with Gasteiger partial charge in [0.15, 0.2) is 0 Å². The highest BCUT2D eigenvalue weighted by Crippen LogP contribution is 2.15. The highest BCUT2D eigenvalue weighted by Gasteiger charge is 2.21. The van der Waals surface area contributed by atoms with Crippen molar-refractivity contribution < 1.29 is 14.0 Å². The van der Waals surface area contributed by atoms with Gasteiger partial charge in [0.2, 0.25) is 5.82 Å². The van der Waals surface area contributed by atoms with Gasteiger partial charge in [-0.2, -0.15) is 4.98 Å². The molecule has 6 nitrogen and oxygen atoms in total. The van der Waals surface area contributed by atoms with Crippen molar-refractivity contribution in [3.8, 4) is 0 Å². The van der Waals surface area contributed by atoms with Crippen LogP contribution in [0.4, 0.5) is 0 Å². The predicted molar refractivity (Wildman–Crippen MR) is 46.6 cm³/mol. The van der Waals surface area contributed by atoms with Crippen LogP contribution in [-0.4, -0.2) is 36.9 Å². The summed E-state index contributed by atoms with van der Waals surface area (Å²) in [5.74, 6) is 1.07. The van der Waals surface area contributed by atoms with Gasteiger partial charge < -0.3 is 19.3 Å². The smallest absolute Gasteiger partial charge is 0.252 e. The second-order valence-electron chi connectivity index (χ2n) is 3.04. The third-order valence-corrected chi connectivity index (χ3v) is 1.97. The lowest BCUT2D eigenvalue weighted by atomic mass is 10.3. The van der Waals surface area contributed by atoms with Crippen molar-refractivity contribution in [2.45, 2.75) is 12.7 Å². The molecule has 0 bridgehead atoms. The molecule has 78 valence electrons. The molecule has 0 radical (unpaired) electrons. The molecule has 1 aromatic rings. The van der Waals surface area contributed by atoms with Crippen molar-refractivity contribution in [1.29, 1.82) is 0 Å². The first-order chi connectivity index (χ1) is 6.90. The first kappa shape index (κ1) is 9.57. The summed E-state index contributed by atoms with van der Waals surface area (Å²) in [6.45, 7) is 2.62. The van der Waals surface area contributed by atoms with E-state index >= 15 is 0 Å². The van der Waals surface area contributed by atoms with E-state index in [1.54, 1.807) is 7.11 Å². The van der Waals surface area contributed by atoms with Crippen LogP contribution in [0.2, 0.25) is 0 Å². The summed E-state index contributed by atoms with van der Waals surface area (Å²) in [5, 5.41) is 7.02. The van der Waals surface area contributed by atoms with Crippen LogP contribution < -0.4 is 5.32 Å². The van der Waals surface area contributed by atoms with Gasteiger partial charge >= 0.3 is 0 Å². The van der Waals surface area contributed by atoms with Gasteiger partial charge in [0.1, 0.15) is 12.7 Å². The summed E-state index contributed by atoms with van der Waals surface area (Å²) in [4.78, 5) is 4.16. The maximum absolute atomic E-state index is 5.47. The monoisotopic (exact) mass is 199 g/mol. The van der Waals surface area contributed by atoms with Crippen molar-refractivity contribution in [3.63, 3.8) is 0 Å². The van der Waals surface area contributed by atoms with Crippen molar-refractivity contribution in [3.05, 3.63) is 11.7 Å². The van der Waals surface area contributed by atoms with Gasteiger partial charge in [0, 0.05) is 20.2 Å². The molecule has 2 rings (SSSR count). The van der Waals surface area contributed by atoms with Gasteiger partial charge in [-0.1, -0.05) is 5.16 Å². The normalized spacial score (nSPS) is 22.5. The molecule has 14 heavy (non-hydrogen) atoms. The Morgan fingerprint density at radius 2 is 2.57 bits per heavy atom. The molecule has 1 aliphatic heterocycles. The first-order valence-electron chi connectivity index (χ1n) is 4.54. The zero-order valence-corrected chi connectivity index (χ0v) is 8.02. The fourth-order valence-corrected chi connectivity index (χ4v) is 1.31. The van der Waals surface area contributed by atoms with Crippen molar-refractivity contribution in [2.24, 2.45) is 0 Å². The van der Waals surface area contributed by atoms with Crippen molar-refractivity contribution in [2.75, 3.05) is 26.8 Å². The van der Waals surface area contributed by atoms with Crippen LogP contribution in [-0.2, 0) is 16.1 Å². The maximum atomic E-state index is 5.47. The van der Waals surface area contributed by atoms with Gasteiger partial charge in [-0.3, -0.25) is 0 Å². The molecule has 1 fully saturated rings. The van der Waals surface area contributed by atoms with Gasteiger partial charge in [-0.15, -0.1) is 0 Å². The summed E-state index contributed by atoms with van der Waals surface area (Å²) >= 11 is 0. The Labute approximate surface area is 81.6 Å². The number of hydrogen-bond acceptors (Lipinski definition) is 6. The van der Waals surface area contributed by atoms with Crippen LogP contribution in [0, 0.1) is 0 Å². The number of methoxy groups -OCH3 is 1. The van der Waals surface area contributed by atoms with E-state index in [2.05, 4.69) is 15.5 Å². The minimum absolute atomic E-state index is 0.0990. The molecule has 0 aromatic carbocycles. The van der Waals surface area contributed by atoms with Crippen LogP contribution >= 0.6 is 0 Å². The van der Waals surface area contributed by atoms with Crippen LogP contribution in [0.25, 0.3) is 0 Å². The topological polar surface area (TPSA) is 69.4 Å². The predicted octanol–water partition coefficient (Wildman–Crippen LogP) is -0.123. The fourth-order valence-electron chi connectivity index (χ4n) is 1.31. The maximum Gasteiger partial charge on any atom is 0.252 e. The lowest BCUT2D eigenvalue weighted by Gasteiger charge is -2.20. The first-order valence-corrected chi connectivity index (χ1v) is 4.54. The van der Waals surface area contributed by atoms with E-state index in [1.165, 1.54) is 0 Å². The molecule has 0 saturated carbocycles. The molecule has 6 heteroatoms. The van der Waals surface area contributed by atoms with E-state index in [0.29, 0.717) is 24.9 Å². The Morgan fingerprint density at radius 3 is 3.29 bits per heavy atom. The minimum Gasteiger partial charge on any atom is -0.375 e. The zero-order chi connectivity index (χ0) is 9.80. The fraction of sp³-hybridized carbons (Fsp3) is 0.750. The quantitative estimate of drug-likeness (QED) is 0.731. The number of hydrogen-bond donors (Lipinski definition) is 1. The van der Waals surface area contributed by atoms with Crippen LogP contribution in [0.3, 0.4) is 0 Å². The van der Waals surface area contributed by atoms with E-state index < -0.39 is 0 Å². The Hall–Kier alpha value is -0.980. The Balaban J connectivity index is 2.00. The number of nitrogens with zero attached hydrogens (tertiary/aromatic N) is 2. The Bertz CT molecular complexity index is 283. The molecule has 0 unspecified atom stereocenters. The largest absolute Gasteiger partial charge is 0.375 e. The van der Waals surface area contributed by atoms with Crippen molar-refractivity contribution in [1.82, 2.24) is 15.5 Å². The minimum atomic E-state index is -0.0990. The molecule has 1 aliphatic rings. The Morgan fingerprint density at radius 1 is 1.64 bits per heavy atom. The molecule has 1 aromatic heterocycles. The average Bonchev–Trinajstić information content (AvgIpc) is 2.68. The molecule has 0 spiro atoms. The van der Waals surface area contributed by atoms with Crippen LogP contribution in [0.5, 0.6) is 0 Å².